The van der Waals surface area contributed by atoms with Crippen LogP contribution in [0.5, 0.6) is 0 Å². The molecule has 0 aliphatic rings. The summed E-state index contributed by atoms with van der Waals surface area (Å²) >= 11 is 0. The van der Waals surface area contributed by atoms with Gasteiger partial charge in [0.25, 0.3) is 0 Å². The zero-order valence-electron chi connectivity index (χ0n) is 11.9. The van der Waals surface area contributed by atoms with Gasteiger partial charge in [-0.05, 0) is 29.8 Å². The molecule has 3 rings (SSSR count). The molecule has 0 unspecified atom stereocenters. The van der Waals surface area contributed by atoms with E-state index in [1.807, 2.05) is 30.3 Å². The van der Waals surface area contributed by atoms with E-state index in [-0.39, 0.29) is 11.4 Å². The van der Waals surface area contributed by atoms with Crippen LogP contribution in [-0.4, -0.2) is 26.1 Å². The molecule has 23 heavy (non-hydrogen) atoms. The first-order valence-corrected chi connectivity index (χ1v) is 6.83. The summed E-state index contributed by atoms with van der Waals surface area (Å²) in [7, 11) is 0. The third-order valence-corrected chi connectivity index (χ3v) is 3.19. The number of hydrogen-bond donors (Lipinski definition) is 1. The van der Waals surface area contributed by atoms with Gasteiger partial charge in [0.15, 0.2) is 5.69 Å². The summed E-state index contributed by atoms with van der Waals surface area (Å²) in [6.45, 7) is 0. The normalized spacial score (nSPS) is 11.0. The lowest BCUT2D eigenvalue weighted by atomic mass is 10.2. The molecule has 0 atom stereocenters. The smallest absolute Gasteiger partial charge is 0.358 e. The fourth-order valence-electron chi connectivity index (χ4n) is 2.13. The molecule has 5 nitrogen and oxygen atoms in total. The monoisotopic (exact) mass is 309 g/mol. The van der Waals surface area contributed by atoms with Crippen LogP contribution in [0.15, 0.2) is 54.6 Å². The maximum absolute atomic E-state index is 13.4. The Morgan fingerprint density at radius 3 is 2.57 bits per heavy atom. The molecule has 1 heterocycles. The molecular formula is C17H12FN3O2. The number of nitrogens with zero attached hydrogens (tertiary/aromatic N) is 3. The van der Waals surface area contributed by atoms with Crippen molar-refractivity contribution in [2.45, 2.75) is 0 Å². The summed E-state index contributed by atoms with van der Waals surface area (Å²) in [6.07, 6.45) is 3.35. The maximum Gasteiger partial charge on any atom is 0.358 e. The van der Waals surface area contributed by atoms with Gasteiger partial charge in [0.05, 0.1) is 5.69 Å². The first-order valence-electron chi connectivity index (χ1n) is 6.83. The molecule has 1 N–H and O–H groups in total. The first kappa shape index (κ1) is 14.6. The number of hydrogen-bond acceptors (Lipinski definition) is 3. The molecule has 1 aromatic heterocycles. The summed E-state index contributed by atoms with van der Waals surface area (Å²) in [5, 5.41) is 16.8. The van der Waals surface area contributed by atoms with Gasteiger partial charge in [-0.25, -0.2) is 13.9 Å². The van der Waals surface area contributed by atoms with Gasteiger partial charge < -0.3 is 5.11 Å². The minimum Gasteiger partial charge on any atom is -0.476 e. The summed E-state index contributed by atoms with van der Waals surface area (Å²) in [5.41, 5.74) is 1.38. The Morgan fingerprint density at radius 2 is 1.87 bits per heavy atom. The quantitative estimate of drug-likeness (QED) is 0.803. The number of carboxylic acids is 1. The van der Waals surface area contributed by atoms with Crippen molar-refractivity contribution in [1.82, 2.24) is 15.0 Å². The minimum atomic E-state index is -1.19. The van der Waals surface area contributed by atoms with Crippen LogP contribution >= 0.6 is 0 Å². The summed E-state index contributed by atoms with van der Waals surface area (Å²) in [6, 6.07) is 15.1. The molecule has 0 radical (unpaired) electrons. The molecule has 114 valence electrons. The molecule has 0 aliphatic heterocycles. The number of carboxylic acid groups (broad SMARTS) is 1. The molecule has 0 spiro atoms. The molecule has 0 fully saturated rings. The van der Waals surface area contributed by atoms with Crippen molar-refractivity contribution >= 4 is 18.1 Å². The second-order valence-electron chi connectivity index (χ2n) is 4.76. The van der Waals surface area contributed by atoms with Crippen molar-refractivity contribution in [3.05, 3.63) is 77.4 Å². The Labute approximate surface area is 131 Å². The topological polar surface area (TPSA) is 68.0 Å². The number of halogens is 1. The number of aromatic carboxylic acids is 1. The standard InChI is InChI=1S/C17H12FN3O2/c18-13-7-4-8-14(11-13)21-15(16(17(22)23)19-20-21)10-9-12-5-2-1-3-6-12/h1-11H,(H,22,23)/b10-9+. The van der Waals surface area contributed by atoms with E-state index in [9.17, 15) is 14.3 Å². The van der Waals surface area contributed by atoms with E-state index in [2.05, 4.69) is 10.3 Å². The number of aromatic nitrogens is 3. The molecule has 2 aromatic carbocycles. The van der Waals surface area contributed by atoms with Crippen LogP contribution in [0.3, 0.4) is 0 Å². The van der Waals surface area contributed by atoms with Crippen LogP contribution < -0.4 is 0 Å². The SMILES string of the molecule is O=C(O)c1nnn(-c2cccc(F)c2)c1/C=C/c1ccccc1. The molecule has 0 saturated carbocycles. The van der Waals surface area contributed by atoms with E-state index >= 15 is 0 Å². The number of carbonyl (C=O) groups is 1. The third kappa shape index (κ3) is 3.16. The molecule has 0 bridgehead atoms. The van der Waals surface area contributed by atoms with Crippen molar-refractivity contribution in [1.29, 1.82) is 0 Å². The molecule has 0 saturated heterocycles. The van der Waals surface area contributed by atoms with Gasteiger partial charge in [-0.15, -0.1) is 5.10 Å². The van der Waals surface area contributed by atoms with Gasteiger partial charge in [0.1, 0.15) is 11.5 Å². The average Bonchev–Trinajstić information content (AvgIpc) is 2.98. The fourth-order valence-corrected chi connectivity index (χ4v) is 2.13. The van der Waals surface area contributed by atoms with Gasteiger partial charge >= 0.3 is 5.97 Å². The van der Waals surface area contributed by atoms with Crippen LogP contribution in [-0.2, 0) is 0 Å². The van der Waals surface area contributed by atoms with E-state index in [1.54, 1.807) is 18.2 Å². The van der Waals surface area contributed by atoms with Crippen LogP contribution in [0.1, 0.15) is 21.7 Å². The summed E-state index contributed by atoms with van der Waals surface area (Å²) < 4.78 is 14.7. The Morgan fingerprint density at radius 1 is 1.09 bits per heavy atom. The minimum absolute atomic E-state index is 0.193. The zero-order chi connectivity index (χ0) is 16.2. The summed E-state index contributed by atoms with van der Waals surface area (Å²) in [4.78, 5) is 11.3. The molecule has 0 aliphatic carbocycles. The number of benzene rings is 2. The zero-order valence-corrected chi connectivity index (χ0v) is 11.9. The average molecular weight is 309 g/mol. The fraction of sp³-hybridized carbons (Fsp3) is 0. The first-order chi connectivity index (χ1) is 11.1. The maximum atomic E-state index is 13.4. The number of rotatable bonds is 4. The highest BCUT2D eigenvalue weighted by Gasteiger charge is 2.18. The van der Waals surface area contributed by atoms with Crippen molar-refractivity contribution in [3.8, 4) is 5.69 Å². The third-order valence-electron chi connectivity index (χ3n) is 3.19. The van der Waals surface area contributed by atoms with E-state index < -0.39 is 11.8 Å². The van der Waals surface area contributed by atoms with Gasteiger partial charge in [-0.1, -0.05) is 47.7 Å². The lowest BCUT2D eigenvalue weighted by Crippen LogP contribution is -2.03. The largest absolute Gasteiger partial charge is 0.476 e. The highest BCUT2D eigenvalue weighted by atomic mass is 19.1. The van der Waals surface area contributed by atoms with Crippen molar-refractivity contribution in [2.24, 2.45) is 0 Å². The highest BCUT2D eigenvalue weighted by Crippen LogP contribution is 2.17. The predicted molar refractivity (Wildman–Crippen MR) is 83.6 cm³/mol. The van der Waals surface area contributed by atoms with Crippen LogP contribution in [0.4, 0.5) is 4.39 Å². The Hall–Kier alpha value is -3.28. The second-order valence-corrected chi connectivity index (χ2v) is 4.76. The predicted octanol–water partition coefficient (Wildman–Crippen LogP) is 3.28. The molecule has 0 amide bonds. The lowest BCUT2D eigenvalue weighted by molar-refractivity contribution is 0.0690. The van der Waals surface area contributed by atoms with Crippen molar-refractivity contribution in [3.63, 3.8) is 0 Å². The van der Waals surface area contributed by atoms with Crippen LogP contribution in [0, 0.1) is 5.82 Å². The second kappa shape index (κ2) is 6.23. The van der Waals surface area contributed by atoms with Gasteiger partial charge in [-0.3, -0.25) is 0 Å². The molecular weight excluding hydrogens is 297 g/mol. The Bertz CT molecular complexity index is 873. The van der Waals surface area contributed by atoms with Gasteiger partial charge in [0, 0.05) is 0 Å². The molecule has 6 heteroatoms. The van der Waals surface area contributed by atoms with E-state index in [0.717, 1.165) is 5.56 Å². The van der Waals surface area contributed by atoms with Crippen LogP contribution in [0.25, 0.3) is 17.8 Å². The molecule has 3 aromatic rings. The van der Waals surface area contributed by atoms with E-state index in [0.29, 0.717) is 5.69 Å². The Balaban J connectivity index is 2.08. The van der Waals surface area contributed by atoms with Crippen LogP contribution in [0.2, 0.25) is 0 Å². The van der Waals surface area contributed by atoms with E-state index in [1.165, 1.54) is 22.9 Å². The van der Waals surface area contributed by atoms with Crippen molar-refractivity contribution in [2.75, 3.05) is 0 Å². The van der Waals surface area contributed by atoms with E-state index in [4.69, 9.17) is 0 Å². The van der Waals surface area contributed by atoms with Gasteiger partial charge in [0.2, 0.25) is 0 Å². The Kier molecular flexibility index (Phi) is 3.97. The van der Waals surface area contributed by atoms with Crippen molar-refractivity contribution < 1.29 is 14.3 Å². The summed E-state index contributed by atoms with van der Waals surface area (Å²) in [5.74, 6) is -1.63. The lowest BCUT2D eigenvalue weighted by Gasteiger charge is -2.03. The highest BCUT2D eigenvalue weighted by molar-refractivity contribution is 5.90. The van der Waals surface area contributed by atoms with Gasteiger partial charge in [-0.2, -0.15) is 0 Å².